The van der Waals surface area contributed by atoms with Crippen molar-refractivity contribution in [2.45, 2.75) is 32.9 Å². The van der Waals surface area contributed by atoms with E-state index in [0.29, 0.717) is 22.0 Å². The van der Waals surface area contributed by atoms with E-state index in [-0.39, 0.29) is 0 Å². The number of benzene rings is 1. The first kappa shape index (κ1) is 15.1. The minimum Gasteiger partial charge on any atom is -0.312 e. The van der Waals surface area contributed by atoms with Crippen LogP contribution in [0.1, 0.15) is 25.8 Å². The molecule has 1 aliphatic heterocycles. The Bertz CT molecular complexity index is 421. The van der Waals surface area contributed by atoms with E-state index in [1.165, 1.54) is 6.42 Å². The summed E-state index contributed by atoms with van der Waals surface area (Å²) in [5.74, 6) is 0.649. The molecule has 2 nitrogen and oxygen atoms in total. The monoisotopic (exact) mass is 300 g/mol. The molecule has 0 amide bonds. The summed E-state index contributed by atoms with van der Waals surface area (Å²) >= 11 is 12.4. The predicted octanol–water partition coefficient (Wildman–Crippen LogP) is 3.81. The van der Waals surface area contributed by atoms with Gasteiger partial charge in [-0.3, -0.25) is 4.90 Å². The third kappa shape index (κ3) is 4.09. The van der Waals surface area contributed by atoms with Crippen LogP contribution in [0, 0.1) is 5.92 Å². The molecule has 4 heteroatoms. The van der Waals surface area contributed by atoms with E-state index >= 15 is 0 Å². The van der Waals surface area contributed by atoms with E-state index in [1.54, 1.807) is 0 Å². The van der Waals surface area contributed by atoms with Crippen LogP contribution in [-0.2, 0) is 6.54 Å². The molecule has 0 aliphatic carbocycles. The van der Waals surface area contributed by atoms with Gasteiger partial charge in [-0.2, -0.15) is 0 Å². The third-order valence-electron chi connectivity index (χ3n) is 3.74. The van der Waals surface area contributed by atoms with E-state index in [2.05, 4.69) is 30.1 Å². The highest BCUT2D eigenvalue weighted by Gasteiger charge is 2.20. The van der Waals surface area contributed by atoms with Gasteiger partial charge in [0.25, 0.3) is 0 Å². The average molecular weight is 301 g/mol. The van der Waals surface area contributed by atoms with Crippen molar-refractivity contribution in [3.8, 4) is 0 Å². The van der Waals surface area contributed by atoms with Crippen molar-refractivity contribution in [2.75, 3.05) is 19.6 Å². The van der Waals surface area contributed by atoms with Crippen molar-refractivity contribution in [1.82, 2.24) is 10.2 Å². The van der Waals surface area contributed by atoms with Gasteiger partial charge in [-0.05, 0) is 37.1 Å². The molecule has 1 atom stereocenters. The van der Waals surface area contributed by atoms with E-state index in [0.717, 1.165) is 31.7 Å². The molecule has 0 saturated carbocycles. The number of halogens is 2. The molecule has 1 saturated heterocycles. The molecule has 1 N–H and O–H groups in total. The van der Waals surface area contributed by atoms with E-state index in [9.17, 15) is 0 Å². The lowest BCUT2D eigenvalue weighted by atomic mass is 10.0. The fraction of sp³-hybridized carbons (Fsp3) is 0.600. The Morgan fingerprint density at radius 1 is 1.37 bits per heavy atom. The zero-order valence-electron chi connectivity index (χ0n) is 11.6. The quantitative estimate of drug-likeness (QED) is 0.913. The molecule has 1 unspecified atom stereocenters. The SMILES string of the molecule is CC(C)C1CN(Cc2cccc(Cl)c2Cl)CCCN1. The maximum atomic E-state index is 6.28. The minimum atomic E-state index is 0.556. The second-order valence-corrected chi connectivity index (χ2v) is 6.39. The van der Waals surface area contributed by atoms with E-state index in [4.69, 9.17) is 23.2 Å². The van der Waals surface area contributed by atoms with Crippen LogP contribution in [0.25, 0.3) is 0 Å². The van der Waals surface area contributed by atoms with Gasteiger partial charge in [0, 0.05) is 19.1 Å². The van der Waals surface area contributed by atoms with Gasteiger partial charge in [0.2, 0.25) is 0 Å². The number of nitrogens with one attached hydrogen (secondary N) is 1. The van der Waals surface area contributed by atoms with Crippen LogP contribution in [0.3, 0.4) is 0 Å². The van der Waals surface area contributed by atoms with Gasteiger partial charge in [0.05, 0.1) is 10.0 Å². The van der Waals surface area contributed by atoms with Crippen molar-refractivity contribution in [3.63, 3.8) is 0 Å². The van der Waals surface area contributed by atoms with Crippen LogP contribution in [0.2, 0.25) is 10.0 Å². The largest absolute Gasteiger partial charge is 0.312 e. The molecular weight excluding hydrogens is 279 g/mol. The van der Waals surface area contributed by atoms with Crippen molar-refractivity contribution in [1.29, 1.82) is 0 Å². The molecule has 19 heavy (non-hydrogen) atoms. The molecule has 0 spiro atoms. The second-order valence-electron chi connectivity index (χ2n) is 5.61. The van der Waals surface area contributed by atoms with Crippen LogP contribution in [0.4, 0.5) is 0 Å². The molecule has 0 bridgehead atoms. The van der Waals surface area contributed by atoms with Crippen molar-refractivity contribution in [3.05, 3.63) is 33.8 Å². The Hall–Kier alpha value is -0.280. The zero-order valence-corrected chi connectivity index (χ0v) is 13.1. The number of hydrogen-bond donors (Lipinski definition) is 1. The highest BCUT2D eigenvalue weighted by Crippen LogP contribution is 2.27. The lowest BCUT2D eigenvalue weighted by molar-refractivity contribution is 0.238. The van der Waals surface area contributed by atoms with Gasteiger partial charge in [0.15, 0.2) is 0 Å². The van der Waals surface area contributed by atoms with Crippen LogP contribution in [0.5, 0.6) is 0 Å². The number of nitrogens with zero attached hydrogens (tertiary/aromatic N) is 1. The predicted molar refractivity (Wildman–Crippen MR) is 83.0 cm³/mol. The Morgan fingerprint density at radius 2 is 2.16 bits per heavy atom. The van der Waals surface area contributed by atoms with Crippen molar-refractivity contribution < 1.29 is 0 Å². The van der Waals surface area contributed by atoms with Crippen LogP contribution in [0.15, 0.2) is 18.2 Å². The van der Waals surface area contributed by atoms with E-state index < -0.39 is 0 Å². The summed E-state index contributed by atoms with van der Waals surface area (Å²) in [6.45, 7) is 8.70. The average Bonchev–Trinajstić information content (AvgIpc) is 2.61. The molecule has 1 aromatic carbocycles. The molecule has 2 rings (SSSR count). The molecule has 106 valence electrons. The fourth-order valence-corrected chi connectivity index (χ4v) is 2.91. The topological polar surface area (TPSA) is 15.3 Å². The fourth-order valence-electron chi connectivity index (χ4n) is 2.53. The number of rotatable bonds is 3. The van der Waals surface area contributed by atoms with Gasteiger partial charge in [-0.25, -0.2) is 0 Å². The second kappa shape index (κ2) is 6.94. The summed E-state index contributed by atoms with van der Waals surface area (Å²) < 4.78 is 0. The van der Waals surface area contributed by atoms with Crippen LogP contribution < -0.4 is 5.32 Å². The Labute approximate surface area is 126 Å². The molecule has 0 aromatic heterocycles. The third-order valence-corrected chi connectivity index (χ3v) is 4.60. The van der Waals surface area contributed by atoms with Gasteiger partial charge < -0.3 is 5.32 Å². The summed E-state index contributed by atoms with van der Waals surface area (Å²) in [6.07, 6.45) is 1.18. The minimum absolute atomic E-state index is 0.556. The van der Waals surface area contributed by atoms with Gasteiger partial charge in [-0.15, -0.1) is 0 Å². The Balaban J connectivity index is 2.06. The summed E-state index contributed by atoms with van der Waals surface area (Å²) in [5, 5.41) is 4.96. The molecular formula is C15H22Cl2N2. The lowest BCUT2D eigenvalue weighted by Crippen LogP contribution is -2.41. The first-order valence-electron chi connectivity index (χ1n) is 6.96. The molecule has 1 aliphatic rings. The Kier molecular flexibility index (Phi) is 5.52. The highest BCUT2D eigenvalue weighted by molar-refractivity contribution is 6.42. The molecule has 1 aromatic rings. The maximum Gasteiger partial charge on any atom is 0.0637 e. The molecule has 1 fully saturated rings. The smallest absolute Gasteiger partial charge is 0.0637 e. The van der Waals surface area contributed by atoms with Gasteiger partial charge in [-0.1, -0.05) is 49.2 Å². The lowest BCUT2D eigenvalue weighted by Gasteiger charge is -2.27. The summed E-state index contributed by atoms with van der Waals surface area (Å²) in [6, 6.07) is 6.44. The summed E-state index contributed by atoms with van der Waals surface area (Å²) in [7, 11) is 0. The van der Waals surface area contributed by atoms with Crippen molar-refractivity contribution >= 4 is 23.2 Å². The van der Waals surface area contributed by atoms with Gasteiger partial charge >= 0.3 is 0 Å². The zero-order chi connectivity index (χ0) is 13.8. The first-order chi connectivity index (χ1) is 9.08. The standard InChI is InChI=1S/C15H22Cl2N2/c1-11(2)14-10-19(8-4-7-18-14)9-12-5-3-6-13(16)15(12)17/h3,5-6,11,14,18H,4,7-10H2,1-2H3. The van der Waals surface area contributed by atoms with Crippen molar-refractivity contribution in [2.24, 2.45) is 5.92 Å². The van der Waals surface area contributed by atoms with Crippen LogP contribution in [-0.4, -0.2) is 30.6 Å². The van der Waals surface area contributed by atoms with Crippen LogP contribution >= 0.6 is 23.2 Å². The summed E-state index contributed by atoms with van der Waals surface area (Å²) in [4.78, 5) is 2.47. The Morgan fingerprint density at radius 3 is 2.89 bits per heavy atom. The van der Waals surface area contributed by atoms with E-state index in [1.807, 2.05) is 12.1 Å². The molecule has 0 radical (unpaired) electrons. The van der Waals surface area contributed by atoms with Gasteiger partial charge in [0.1, 0.15) is 0 Å². The summed E-state index contributed by atoms with van der Waals surface area (Å²) in [5.41, 5.74) is 1.12. The maximum absolute atomic E-state index is 6.28. The molecule has 1 heterocycles. The number of hydrogen-bond acceptors (Lipinski definition) is 2. The highest BCUT2D eigenvalue weighted by atomic mass is 35.5. The first-order valence-corrected chi connectivity index (χ1v) is 7.72. The normalized spacial score (nSPS) is 21.6.